The third-order valence-corrected chi connectivity index (χ3v) is 3.73. The van der Waals surface area contributed by atoms with Crippen LogP contribution in [0.2, 0.25) is 0 Å². The van der Waals surface area contributed by atoms with Crippen molar-refractivity contribution in [3.8, 4) is 11.5 Å². The normalized spacial score (nSPS) is 10.5. The molecule has 110 valence electrons. The number of nitro groups is 1. The van der Waals surface area contributed by atoms with Crippen molar-refractivity contribution in [2.75, 3.05) is 5.73 Å². The summed E-state index contributed by atoms with van der Waals surface area (Å²) in [6.45, 7) is 1.45. The van der Waals surface area contributed by atoms with Crippen LogP contribution in [0.5, 0.6) is 11.5 Å². The van der Waals surface area contributed by atoms with Gasteiger partial charge < -0.3 is 10.5 Å². The molecule has 2 aromatic carbocycles. The van der Waals surface area contributed by atoms with Gasteiger partial charge in [0.25, 0.3) is 5.69 Å². The van der Waals surface area contributed by atoms with Gasteiger partial charge in [0, 0.05) is 11.6 Å². The molecule has 0 spiro atoms. The highest BCUT2D eigenvalue weighted by atomic mass is 79.9. The van der Waals surface area contributed by atoms with Crippen LogP contribution in [0.3, 0.4) is 0 Å². The van der Waals surface area contributed by atoms with Crippen LogP contribution in [0, 0.1) is 28.7 Å². The van der Waals surface area contributed by atoms with E-state index in [-0.39, 0.29) is 32.9 Å². The van der Waals surface area contributed by atoms with Gasteiger partial charge in [0.1, 0.15) is 11.6 Å². The van der Waals surface area contributed by atoms with Gasteiger partial charge in [-0.1, -0.05) is 0 Å². The summed E-state index contributed by atoms with van der Waals surface area (Å²) in [7, 11) is 0. The van der Waals surface area contributed by atoms with Crippen molar-refractivity contribution in [1.82, 2.24) is 0 Å². The summed E-state index contributed by atoms with van der Waals surface area (Å²) in [6, 6.07) is 4.31. The summed E-state index contributed by atoms with van der Waals surface area (Å²) in [5.74, 6) is -1.66. The predicted molar refractivity (Wildman–Crippen MR) is 76.4 cm³/mol. The minimum Gasteiger partial charge on any atom is -0.453 e. The number of anilines is 1. The molecule has 0 aliphatic rings. The molecule has 0 radical (unpaired) electrons. The number of nitro benzene ring substituents is 1. The Morgan fingerprint density at radius 2 is 1.95 bits per heavy atom. The lowest BCUT2D eigenvalue weighted by Gasteiger charge is -2.11. The second-order valence-electron chi connectivity index (χ2n) is 4.19. The van der Waals surface area contributed by atoms with Crippen LogP contribution in [0.1, 0.15) is 5.56 Å². The first-order chi connectivity index (χ1) is 9.81. The fraction of sp³-hybridized carbons (Fsp3) is 0.0769. The summed E-state index contributed by atoms with van der Waals surface area (Å²) < 4.78 is 32.4. The molecule has 0 saturated carbocycles. The summed E-state index contributed by atoms with van der Waals surface area (Å²) in [5, 5.41) is 10.8. The number of halogens is 3. The Kier molecular flexibility index (Phi) is 4.08. The molecule has 2 aromatic rings. The second kappa shape index (κ2) is 5.65. The van der Waals surface area contributed by atoms with Gasteiger partial charge in [0.15, 0.2) is 11.6 Å². The van der Waals surface area contributed by atoms with Crippen LogP contribution in [0.4, 0.5) is 20.2 Å². The van der Waals surface area contributed by atoms with Crippen molar-refractivity contribution in [3.63, 3.8) is 0 Å². The number of ether oxygens (including phenoxy) is 1. The maximum absolute atomic E-state index is 14.0. The lowest BCUT2D eigenvalue weighted by atomic mass is 10.2. The average molecular weight is 359 g/mol. The van der Waals surface area contributed by atoms with E-state index in [1.807, 2.05) is 0 Å². The Bertz CT molecular complexity index is 738. The second-order valence-corrected chi connectivity index (χ2v) is 4.98. The van der Waals surface area contributed by atoms with Crippen LogP contribution in [-0.2, 0) is 0 Å². The van der Waals surface area contributed by atoms with E-state index in [2.05, 4.69) is 15.9 Å². The SMILES string of the molecule is Cc1c([N+](=O)[O-])cc(F)c(Oc2ccc(F)c(N)c2)c1Br. The average Bonchev–Trinajstić information content (AvgIpc) is 2.42. The maximum atomic E-state index is 14.0. The van der Waals surface area contributed by atoms with Crippen LogP contribution in [-0.4, -0.2) is 4.92 Å². The summed E-state index contributed by atoms with van der Waals surface area (Å²) in [6.07, 6.45) is 0. The minimum atomic E-state index is -0.915. The monoisotopic (exact) mass is 358 g/mol. The quantitative estimate of drug-likeness (QED) is 0.503. The van der Waals surface area contributed by atoms with Gasteiger partial charge >= 0.3 is 0 Å². The topological polar surface area (TPSA) is 78.4 Å². The molecular weight excluding hydrogens is 350 g/mol. The maximum Gasteiger partial charge on any atom is 0.276 e. The molecule has 0 heterocycles. The molecule has 8 heteroatoms. The van der Waals surface area contributed by atoms with Crippen molar-refractivity contribution in [1.29, 1.82) is 0 Å². The van der Waals surface area contributed by atoms with Crippen molar-refractivity contribution in [2.24, 2.45) is 0 Å². The Labute approximate surface area is 126 Å². The van der Waals surface area contributed by atoms with Crippen molar-refractivity contribution >= 4 is 27.3 Å². The zero-order valence-electron chi connectivity index (χ0n) is 10.7. The van der Waals surface area contributed by atoms with E-state index in [1.165, 1.54) is 19.1 Å². The van der Waals surface area contributed by atoms with E-state index < -0.39 is 16.6 Å². The molecule has 0 aromatic heterocycles. The van der Waals surface area contributed by atoms with Crippen molar-refractivity contribution in [3.05, 3.63) is 56.1 Å². The molecule has 2 N–H and O–H groups in total. The van der Waals surface area contributed by atoms with Gasteiger partial charge in [-0.2, -0.15) is 0 Å². The Hall–Kier alpha value is -2.22. The van der Waals surface area contributed by atoms with Crippen LogP contribution in [0.15, 0.2) is 28.7 Å². The van der Waals surface area contributed by atoms with Crippen LogP contribution < -0.4 is 10.5 Å². The van der Waals surface area contributed by atoms with E-state index in [1.54, 1.807) is 0 Å². The molecule has 0 unspecified atom stereocenters. The van der Waals surface area contributed by atoms with Crippen molar-refractivity contribution in [2.45, 2.75) is 6.92 Å². The van der Waals surface area contributed by atoms with Gasteiger partial charge in [-0.3, -0.25) is 10.1 Å². The van der Waals surface area contributed by atoms with E-state index in [0.717, 1.165) is 12.1 Å². The molecular formula is C13H9BrF2N2O3. The van der Waals surface area contributed by atoms with Gasteiger partial charge in [-0.15, -0.1) is 0 Å². The fourth-order valence-electron chi connectivity index (χ4n) is 1.67. The van der Waals surface area contributed by atoms with Gasteiger partial charge in [-0.25, -0.2) is 8.78 Å². The first-order valence-corrected chi connectivity index (χ1v) is 6.46. The largest absolute Gasteiger partial charge is 0.453 e. The van der Waals surface area contributed by atoms with Crippen LogP contribution in [0.25, 0.3) is 0 Å². The number of nitrogens with two attached hydrogens (primary N) is 1. The molecule has 0 bridgehead atoms. The lowest BCUT2D eigenvalue weighted by Crippen LogP contribution is -1.98. The zero-order valence-corrected chi connectivity index (χ0v) is 12.3. The number of nitrogen functional groups attached to an aromatic ring is 1. The number of nitrogens with zero attached hydrogens (tertiary/aromatic N) is 1. The highest BCUT2D eigenvalue weighted by Crippen LogP contribution is 2.39. The Balaban J connectivity index is 2.47. The number of benzene rings is 2. The molecule has 5 nitrogen and oxygen atoms in total. The van der Waals surface area contributed by atoms with E-state index >= 15 is 0 Å². The molecule has 21 heavy (non-hydrogen) atoms. The summed E-state index contributed by atoms with van der Waals surface area (Å²) >= 11 is 3.07. The van der Waals surface area contributed by atoms with Gasteiger partial charge in [-0.05, 0) is 35.0 Å². The molecule has 0 atom stereocenters. The summed E-state index contributed by atoms with van der Waals surface area (Å²) in [4.78, 5) is 10.1. The first-order valence-electron chi connectivity index (χ1n) is 5.67. The third-order valence-electron chi connectivity index (χ3n) is 2.78. The number of hydrogen-bond donors (Lipinski definition) is 1. The van der Waals surface area contributed by atoms with Crippen LogP contribution >= 0.6 is 15.9 Å². The van der Waals surface area contributed by atoms with E-state index in [0.29, 0.717) is 0 Å². The van der Waals surface area contributed by atoms with E-state index in [4.69, 9.17) is 10.5 Å². The summed E-state index contributed by atoms with van der Waals surface area (Å²) in [5.41, 5.74) is 5.09. The molecule has 0 amide bonds. The lowest BCUT2D eigenvalue weighted by molar-refractivity contribution is -0.385. The molecule has 0 fully saturated rings. The van der Waals surface area contributed by atoms with E-state index in [9.17, 15) is 18.9 Å². The standard InChI is InChI=1S/C13H9BrF2N2O3/c1-6-11(18(19)20)5-9(16)13(12(6)14)21-7-2-3-8(15)10(17)4-7/h2-5H,17H2,1H3. The first kappa shape index (κ1) is 15.2. The smallest absolute Gasteiger partial charge is 0.276 e. The molecule has 0 saturated heterocycles. The fourth-order valence-corrected chi connectivity index (χ4v) is 2.14. The Morgan fingerprint density at radius 1 is 1.29 bits per heavy atom. The van der Waals surface area contributed by atoms with Gasteiger partial charge in [0.2, 0.25) is 0 Å². The molecule has 2 rings (SSSR count). The number of rotatable bonds is 3. The third kappa shape index (κ3) is 2.94. The van der Waals surface area contributed by atoms with Crippen molar-refractivity contribution < 1.29 is 18.4 Å². The minimum absolute atomic E-state index is 0.108. The zero-order chi connectivity index (χ0) is 15.7. The molecule has 0 aliphatic carbocycles. The highest BCUT2D eigenvalue weighted by molar-refractivity contribution is 9.10. The molecule has 0 aliphatic heterocycles. The Morgan fingerprint density at radius 3 is 2.52 bits per heavy atom. The van der Waals surface area contributed by atoms with Gasteiger partial charge in [0.05, 0.1) is 21.1 Å². The highest BCUT2D eigenvalue weighted by Gasteiger charge is 2.22. The predicted octanol–water partition coefficient (Wildman–Crippen LogP) is 4.32. The number of hydrogen-bond acceptors (Lipinski definition) is 4.